The van der Waals surface area contributed by atoms with Gasteiger partial charge in [-0.2, -0.15) is 0 Å². The number of allylic oxidation sites excluding steroid dienone is 1. The van der Waals surface area contributed by atoms with Crippen LogP contribution in [0.5, 0.6) is 0 Å². The van der Waals surface area contributed by atoms with Crippen molar-refractivity contribution in [2.24, 2.45) is 0 Å². The van der Waals surface area contributed by atoms with Crippen molar-refractivity contribution in [3.8, 4) is 0 Å². The minimum Gasteiger partial charge on any atom is -0.466 e. The summed E-state index contributed by atoms with van der Waals surface area (Å²) in [7, 11) is -3.06. The first-order valence-corrected chi connectivity index (χ1v) is 20.0. The Morgan fingerprint density at radius 3 is 1.85 bits per heavy atom. The zero-order valence-electron chi connectivity index (χ0n) is 26.6. The summed E-state index contributed by atoms with van der Waals surface area (Å²) in [6.45, 7) is 21.8. The number of hydrogen-bond acceptors (Lipinski definition) is 6. The van der Waals surface area contributed by atoms with Gasteiger partial charge < -0.3 is 13.6 Å². The molecule has 6 nitrogen and oxygen atoms in total. The van der Waals surface area contributed by atoms with E-state index < -0.39 is 28.7 Å². The predicted octanol–water partition coefficient (Wildman–Crippen LogP) is 7.91. The van der Waals surface area contributed by atoms with Gasteiger partial charge in [0.2, 0.25) is 0 Å². The Morgan fingerprint density at radius 2 is 1.35 bits per heavy atom. The van der Waals surface area contributed by atoms with E-state index in [4.69, 9.17) is 13.6 Å². The van der Waals surface area contributed by atoms with E-state index in [1.165, 1.54) is 19.3 Å². The molecule has 0 aliphatic heterocycles. The Hall–Kier alpha value is -2.14. The van der Waals surface area contributed by atoms with Crippen LogP contribution in [0.2, 0.25) is 36.3 Å². The van der Waals surface area contributed by atoms with E-state index >= 15 is 0 Å². The maximum absolute atomic E-state index is 13.2. The lowest BCUT2D eigenvalue weighted by Gasteiger charge is -2.42. The molecule has 1 rings (SSSR count). The standard InChI is InChI=1S/C32H52O6Si2/c1-31(2,3)39(8,9)37-28(18-15-19-30(35)36-7)24-29(38-40(10,11)32(4,5)6)23-27(34)22-26(33)21-20-25-16-13-12-14-17-25/h12-17,19-21,28-29H,18,22-24H2,1-11H3/b19-15-,21-20+/t28-,29+/m1/s1. The highest BCUT2D eigenvalue weighted by Crippen LogP contribution is 2.40. The second-order valence-corrected chi connectivity index (χ2v) is 23.0. The minimum atomic E-state index is -2.24. The van der Waals surface area contributed by atoms with Crippen LogP contribution in [0.3, 0.4) is 0 Å². The molecule has 0 amide bonds. The molecule has 0 unspecified atom stereocenters. The highest BCUT2D eigenvalue weighted by molar-refractivity contribution is 6.74. The molecule has 0 N–H and O–H groups in total. The van der Waals surface area contributed by atoms with E-state index in [-0.39, 0.29) is 40.6 Å². The number of rotatable bonds is 15. The van der Waals surface area contributed by atoms with E-state index in [1.54, 1.807) is 12.2 Å². The molecule has 0 radical (unpaired) electrons. The van der Waals surface area contributed by atoms with Crippen LogP contribution in [0.1, 0.15) is 72.8 Å². The Labute approximate surface area is 244 Å². The fourth-order valence-corrected chi connectivity index (χ4v) is 6.31. The van der Waals surface area contributed by atoms with Crippen molar-refractivity contribution in [1.29, 1.82) is 0 Å². The largest absolute Gasteiger partial charge is 0.466 e. The first-order chi connectivity index (χ1) is 18.3. The van der Waals surface area contributed by atoms with Gasteiger partial charge in [-0.15, -0.1) is 0 Å². The van der Waals surface area contributed by atoms with Crippen LogP contribution >= 0.6 is 0 Å². The highest BCUT2D eigenvalue weighted by atomic mass is 28.4. The van der Waals surface area contributed by atoms with Gasteiger partial charge in [0.15, 0.2) is 22.4 Å². The molecule has 0 aliphatic carbocycles. The number of ether oxygens (including phenoxy) is 1. The molecule has 0 spiro atoms. The van der Waals surface area contributed by atoms with Gasteiger partial charge in [-0.05, 0) is 60.7 Å². The van der Waals surface area contributed by atoms with Gasteiger partial charge in [0.25, 0.3) is 0 Å². The van der Waals surface area contributed by atoms with Crippen molar-refractivity contribution in [3.05, 3.63) is 54.1 Å². The average molecular weight is 589 g/mol. The monoisotopic (exact) mass is 588 g/mol. The third-order valence-corrected chi connectivity index (χ3v) is 17.1. The van der Waals surface area contributed by atoms with Gasteiger partial charge in [0, 0.05) is 12.5 Å². The first-order valence-electron chi connectivity index (χ1n) is 14.1. The van der Waals surface area contributed by atoms with E-state index in [0.29, 0.717) is 12.8 Å². The van der Waals surface area contributed by atoms with Crippen molar-refractivity contribution >= 4 is 40.2 Å². The van der Waals surface area contributed by atoms with Crippen LogP contribution in [-0.2, 0) is 28.0 Å². The number of carbonyl (C=O) groups is 3. The van der Waals surface area contributed by atoms with E-state index in [0.717, 1.165) is 5.56 Å². The summed E-state index contributed by atoms with van der Waals surface area (Å²) < 4.78 is 18.3. The van der Waals surface area contributed by atoms with E-state index in [2.05, 4.69) is 67.7 Å². The van der Waals surface area contributed by atoms with Crippen LogP contribution in [0, 0.1) is 0 Å². The van der Waals surface area contributed by atoms with Crippen LogP contribution in [0.25, 0.3) is 6.08 Å². The van der Waals surface area contributed by atoms with Gasteiger partial charge >= 0.3 is 5.97 Å². The lowest BCUT2D eigenvalue weighted by molar-refractivity contribution is -0.135. The molecule has 0 aliphatic rings. The molecule has 0 heterocycles. The molecular formula is C32H52O6Si2. The number of methoxy groups -OCH3 is 1. The summed E-state index contributed by atoms with van der Waals surface area (Å²) in [5.41, 5.74) is 0.910. The van der Waals surface area contributed by atoms with Gasteiger partial charge in [0.1, 0.15) is 5.78 Å². The van der Waals surface area contributed by atoms with Crippen molar-refractivity contribution in [2.75, 3.05) is 7.11 Å². The molecular weight excluding hydrogens is 537 g/mol. The molecule has 0 aromatic heterocycles. The molecule has 2 atom stereocenters. The number of ketones is 2. The third-order valence-electron chi connectivity index (χ3n) is 8.00. The summed E-state index contributed by atoms with van der Waals surface area (Å²) in [4.78, 5) is 37.5. The normalized spacial score (nSPS) is 14.9. The molecule has 0 bridgehead atoms. The predicted molar refractivity (Wildman–Crippen MR) is 169 cm³/mol. The van der Waals surface area contributed by atoms with Crippen molar-refractivity contribution in [3.63, 3.8) is 0 Å². The SMILES string of the molecule is COC(=O)/C=C\C[C@H](C[C@H](CC(=O)CC(=O)/C=C/c1ccccc1)O[Si](C)(C)C(C)(C)C)O[Si](C)(C)C(C)(C)C. The molecule has 1 aromatic carbocycles. The molecule has 8 heteroatoms. The third kappa shape index (κ3) is 12.6. The Morgan fingerprint density at radius 1 is 0.825 bits per heavy atom. The summed E-state index contributed by atoms with van der Waals surface area (Å²) >= 11 is 0. The molecule has 0 saturated carbocycles. The van der Waals surface area contributed by atoms with Crippen molar-refractivity contribution in [2.45, 2.75) is 116 Å². The Kier molecular flexibility index (Phi) is 13.6. The van der Waals surface area contributed by atoms with Crippen LogP contribution in [0.15, 0.2) is 48.6 Å². The summed E-state index contributed by atoms with van der Waals surface area (Å²) in [5.74, 6) is -0.796. The quantitative estimate of drug-likeness (QED) is 0.0896. The summed E-state index contributed by atoms with van der Waals surface area (Å²) in [6, 6.07) is 9.54. The van der Waals surface area contributed by atoms with Crippen LogP contribution in [0.4, 0.5) is 0 Å². The zero-order chi connectivity index (χ0) is 30.8. The summed E-state index contributed by atoms with van der Waals surface area (Å²) in [6.07, 6.45) is 6.68. The molecule has 0 saturated heterocycles. The number of esters is 1. The fourth-order valence-electron chi connectivity index (χ4n) is 3.56. The second kappa shape index (κ2) is 15.2. The van der Waals surface area contributed by atoms with Gasteiger partial charge in [-0.3, -0.25) is 9.59 Å². The van der Waals surface area contributed by atoms with Crippen LogP contribution in [-0.4, -0.2) is 53.5 Å². The smallest absolute Gasteiger partial charge is 0.330 e. The number of hydrogen-bond donors (Lipinski definition) is 0. The van der Waals surface area contributed by atoms with Crippen LogP contribution < -0.4 is 0 Å². The average Bonchev–Trinajstić information content (AvgIpc) is 2.81. The zero-order valence-corrected chi connectivity index (χ0v) is 28.6. The Bertz CT molecular complexity index is 1030. The van der Waals surface area contributed by atoms with Gasteiger partial charge in [-0.1, -0.05) is 84.0 Å². The van der Waals surface area contributed by atoms with Crippen molar-refractivity contribution < 1.29 is 28.0 Å². The Balaban J connectivity index is 3.18. The summed E-state index contributed by atoms with van der Waals surface area (Å²) in [5, 5.41) is -0.0659. The molecule has 224 valence electrons. The number of benzene rings is 1. The van der Waals surface area contributed by atoms with E-state index in [9.17, 15) is 14.4 Å². The van der Waals surface area contributed by atoms with Gasteiger partial charge in [0.05, 0.1) is 25.7 Å². The molecule has 1 aromatic rings. The minimum absolute atomic E-state index is 0.0135. The first kappa shape index (κ1) is 35.9. The van der Waals surface area contributed by atoms with Gasteiger partial charge in [-0.25, -0.2) is 4.79 Å². The number of Topliss-reactive ketones (excluding diaryl/α,β-unsaturated/α-hetero) is 1. The lowest BCUT2D eigenvalue weighted by atomic mass is 10.0. The number of carbonyl (C=O) groups excluding carboxylic acids is 3. The highest BCUT2D eigenvalue weighted by Gasteiger charge is 2.42. The van der Waals surface area contributed by atoms with Crippen molar-refractivity contribution in [1.82, 2.24) is 0 Å². The topological polar surface area (TPSA) is 78.9 Å². The molecule has 40 heavy (non-hydrogen) atoms. The maximum Gasteiger partial charge on any atom is 0.330 e. The molecule has 0 fully saturated rings. The van der Waals surface area contributed by atoms with E-state index in [1.807, 2.05) is 30.3 Å². The fraction of sp³-hybridized carbons (Fsp3) is 0.594. The maximum atomic E-state index is 13.2. The lowest BCUT2D eigenvalue weighted by Crippen LogP contribution is -2.47. The second-order valence-electron chi connectivity index (χ2n) is 13.5.